The van der Waals surface area contributed by atoms with Gasteiger partial charge in [0.15, 0.2) is 5.82 Å². The molecule has 1 aliphatic carbocycles. The van der Waals surface area contributed by atoms with Crippen molar-refractivity contribution in [2.24, 2.45) is 0 Å². The Morgan fingerprint density at radius 3 is 2.35 bits per heavy atom. The van der Waals surface area contributed by atoms with Gasteiger partial charge >= 0.3 is 5.97 Å². The fourth-order valence-electron chi connectivity index (χ4n) is 4.44. The Kier molecular flexibility index (Phi) is 5.94. The van der Waals surface area contributed by atoms with Gasteiger partial charge in [-0.05, 0) is 35.6 Å². The minimum Gasteiger partial charge on any atom is -0.478 e. The van der Waals surface area contributed by atoms with Crippen LogP contribution in [0.1, 0.15) is 86.4 Å². The molecule has 0 radical (unpaired) electrons. The highest BCUT2D eigenvalue weighted by Crippen LogP contribution is 2.33. The Hall–Kier alpha value is -2.95. The molecule has 0 amide bonds. The largest absolute Gasteiger partial charge is 0.478 e. The predicted octanol–water partition coefficient (Wildman–Crippen LogP) is 6.04. The van der Waals surface area contributed by atoms with Crippen molar-refractivity contribution in [3.8, 4) is 11.1 Å². The molecule has 1 aliphatic rings. The van der Waals surface area contributed by atoms with Gasteiger partial charge in [0, 0.05) is 11.3 Å². The van der Waals surface area contributed by atoms with Crippen LogP contribution < -0.4 is 0 Å². The van der Waals surface area contributed by atoms with E-state index in [9.17, 15) is 9.90 Å². The van der Waals surface area contributed by atoms with E-state index in [0.717, 1.165) is 28.3 Å². The van der Waals surface area contributed by atoms with Crippen LogP contribution >= 0.6 is 0 Å². The van der Waals surface area contributed by atoms with E-state index in [0.29, 0.717) is 18.0 Å². The SMILES string of the molecule is CC(C)(C)c1nc(C2CCCCC2)nn1Cc1ccc(-c2ccccc2C(=O)O)cc1. The lowest BCUT2D eigenvalue weighted by molar-refractivity contribution is 0.0697. The van der Waals surface area contributed by atoms with Crippen molar-refractivity contribution in [3.63, 3.8) is 0 Å². The lowest BCUT2D eigenvalue weighted by atomic mass is 9.89. The van der Waals surface area contributed by atoms with Crippen molar-refractivity contribution in [2.75, 3.05) is 0 Å². The van der Waals surface area contributed by atoms with Gasteiger partial charge in [-0.3, -0.25) is 0 Å². The minimum atomic E-state index is -0.910. The second-order valence-electron chi connectivity index (χ2n) is 9.58. The molecule has 0 spiro atoms. The molecule has 0 aliphatic heterocycles. The zero-order valence-corrected chi connectivity index (χ0v) is 18.6. The van der Waals surface area contributed by atoms with Crippen LogP contribution in [0.15, 0.2) is 48.5 Å². The second-order valence-corrected chi connectivity index (χ2v) is 9.58. The molecule has 2 aromatic carbocycles. The number of rotatable bonds is 5. The molecule has 1 saturated carbocycles. The summed E-state index contributed by atoms with van der Waals surface area (Å²) in [6.07, 6.45) is 6.23. The number of hydrogen-bond donors (Lipinski definition) is 1. The summed E-state index contributed by atoms with van der Waals surface area (Å²) in [7, 11) is 0. The summed E-state index contributed by atoms with van der Waals surface area (Å²) in [5.74, 6) is 1.59. The molecule has 3 aromatic rings. The molecule has 0 unspecified atom stereocenters. The quantitative estimate of drug-likeness (QED) is 0.550. The molecule has 31 heavy (non-hydrogen) atoms. The van der Waals surface area contributed by atoms with Gasteiger partial charge in [-0.1, -0.05) is 82.5 Å². The highest BCUT2D eigenvalue weighted by Gasteiger charge is 2.27. The van der Waals surface area contributed by atoms with E-state index in [4.69, 9.17) is 10.1 Å². The fourth-order valence-corrected chi connectivity index (χ4v) is 4.44. The molecule has 5 heteroatoms. The molecular formula is C26H31N3O2. The number of nitrogens with zero attached hydrogens (tertiary/aromatic N) is 3. The van der Waals surface area contributed by atoms with Crippen LogP contribution in [0.2, 0.25) is 0 Å². The van der Waals surface area contributed by atoms with E-state index in [1.54, 1.807) is 12.1 Å². The Bertz CT molecular complexity index is 1060. The highest BCUT2D eigenvalue weighted by atomic mass is 16.4. The first kappa shape index (κ1) is 21.3. The van der Waals surface area contributed by atoms with Crippen LogP contribution in [-0.4, -0.2) is 25.8 Å². The first-order valence-corrected chi connectivity index (χ1v) is 11.2. The summed E-state index contributed by atoms with van der Waals surface area (Å²) < 4.78 is 2.06. The zero-order valence-electron chi connectivity index (χ0n) is 18.6. The maximum Gasteiger partial charge on any atom is 0.336 e. The summed E-state index contributed by atoms with van der Waals surface area (Å²) in [5.41, 5.74) is 3.00. The Morgan fingerprint density at radius 1 is 1.03 bits per heavy atom. The Morgan fingerprint density at radius 2 is 1.71 bits per heavy atom. The lowest BCUT2D eigenvalue weighted by Gasteiger charge is -2.19. The molecule has 1 N–H and O–H groups in total. The third kappa shape index (κ3) is 4.71. The maximum absolute atomic E-state index is 11.5. The molecule has 162 valence electrons. The van der Waals surface area contributed by atoms with Gasteiger partial charge < -0.3 is 5.11 Å². The third-order valence-electron chi connectivity index (χ3n) is 6.08. The summed E-state index contributed by atoms with van der Waals surface area (Å²) in [6, 6.07) is 15.2. The van der Waals surface area contributed by atoms with Gasteiger partial charge in [0.1, 0.15) is 5.82 Å². The van der Waals surface area contributed by atoms with Crippen molar-refractivity contribution in [3.05, 3.63) is 71.3 Å². The van der Waals surface area contributed by atoms with Crippen molar-refractivity contribution in [1.29, 1.82) is 0 Å². The molecule has 0 atom stereocenters. The zero-order chi connectivity index (χ0) is 22.0. The van der Waals surface area contributed by atoms with Crippen LogP contribution in [0, 0.1) is 0 Å². The predicted molar refractivity (Wildman–Crippen MR) is 122 cm³/mol. The molecule has 0 saturated heterocycles. The number of carboxylic acid groups (broad SMARTS) is 1. The number of benzene rings is 2. The van der Waals surface area contributed by atoms with Gasteiger partial charge in [-0.25, -0.2) is 14.5 Å². The first-order chi connectivity index (χ1) is 14.8. The number of hydrogen-bond acceptors (Lipinski definition) is 3. The van der Waals surface area contributed by atoms with Crippen LogP contribution in [0.25, 0.3) is 11.1 Å². The average molecular weight is 418 g/mol. The monoisotopic (exact) mass is 417 g/mol. The number of aromatic nitrogens is 3. The number of carboxylic acids is 1. The van der Waals surface area contributed by atoms with Gasteiger partial charge in [0.25, 0.3) is 0 Å². The normalized spacial score (nSPS) is 15.2. The second kappa shape index (κ2) is 8.66. The minimum absolute atomic E-state index is 0.0831. The molecule has 4 rings (SSSR count). The van der Waals surface area contributed by atoms with Crippen LogP contribution in [0.4, 0.5) is 0 Å². The summed E-state index contributed by atoms with van der Waals surface area (Å²) in [6.45, 7) is 7.21. The lowest BCUT2D eigenvalue weighted by Crippen LogP contribution is -2.20. The van der Waals surface area contributed by atoms with Gasteiger partial charge in [-0.15, -0.1) is 0 Å². The average Bonchev–Trinajstić information content (AvgIpc) is 3.19. The van der Waals surface area contributed by atoms with E-state index in [-0.39, 0.29) is 5.41 Å². The Balaban J connectivity index is 1.61. The molecule has 0 bridgehead atoms. The molecule has 5 nitrogen and oxygen atoms in total. The smallest absolute Gasteiger partial charge is 0.336 e. The number of carbonyl (C=O) groups is 1. The summed E-state index contributed by atoms with van der Waals surface area (Å²) >= 11 is 0. The van der Waals surface area contributed by atoms with Crippen molar-refractivity contribution in [1.82, 2.24) is 14.8 Å². The molecule has 1 fully saturated rings. The first-order valence-electron chi connectivity index (χ1n) is 11.2. The number of aromatic carboxylic acids is 1. The summed E-state index contributed by atoms with van der Waals surface area (Å²) in [4.78, 5) is 16.5. The standard InChI is InChI=1S/C26H31N3O2/c1-26(2,3)25-27-23(20-9-5-4-6-10-20)28-29(25)17-18-13-15-19(16-14-18)21-11-7-8-12-22(21)24(30)31/h7-8,11-16,20H,4-6,9-10,17H2,1-3H3,(H,30,31). The Labute approximate surface area is 184 Å². The van der Waals surface area contributed by atoms with Gasteiger partial charge in [-0.2, -0.15) is 5.10 Å². The summed E-state index contributed by atoms with van der Waals surface area (Å²) in [5, 5.41) is 14.4. The fraction of sp³-hybridized carbons (Fsp3) is 0.423. The van der Waals surface area contributed by atoms with Crippen molar-refractivity contribution < 1.29 is 9.90 Å². The highest BCUT2D eigenvalue weighted by molar-refractivity contribution is 5.95. The topological polar surface area (TPSA) is 68.0 Å². The van der Waals surface area contributed by atoms with Gasteiger partial charge in [0.2, 0.25) is 0 Å². The van der Waals surface area contributed by atoms with E-state index >= 15 is 0 Å². The van der Waals surface area contributed by atoms with E-state index in [1.165, 1.54) is 32.1 Å². The molecule has 1 heterocycles. The van der Waals surface area contributed by atoms with E-state index < -0.39 is 5.97 Å². The third-order valence-corrected chi connectivity index (χ3v) is 6.08. The van der Waals surface area contributed by atoms with Crippen molar-refractivity contribution >= 4 is 5.97 Å². The van der Waals surface area contributed by atoms with Crippen LogP contribution in [0.5, 0.6) is 0 Å². The van der Waals surface area contributed by atoms with Gasteiger partial charge in [0.05, 0.1) is 12.1 Å². The molecular weight excluding hydrogens is 386 g/mol. The maximum atomic E-state index is 11.5. The van der Waals surface area contributed by atoms with Crippen LogP contribution in [-0.2, 0) is 12.0 Å². The van der Waals surface area contributed by atoms with Crippen molar-refractivity contribution in [2.45, 2.75) is 70.8 Å². The van der Waals surface area contributed by atoms with E-state index in [2.05, 4.69) is 37.6 Å². The van der Waals surface area contributed by atoms with Crippen LogP contribution in [0.3, 0.4) is 0 Å². The van der Waals surface area contributed by atoms with E-state index in [1.807, 2.05) is 24.3 Å². The molecule has 1 aromatic heterocycles.